The van der Waals surface area contributed by atoms with E-state index in [1.807, 2.05) is 68.4 Å². The zero-order valence-electron chi connectivity index (χ0n) is 14.0. The van der Waals surface area contributed by atoms with Gasteiger partial charge in [-0.05, 0) is 43.7 Å². The highest BCUT2D eigenvalue weighted by Crippen LogP contribution is 2.22. The third-order valence-corrected chi connectivity index (χ3v) is 3.93. The standard InChI is InChI=1S/C20H22N2O2/c1-14(21)16-8-10-18(11-9-16)23-13-12-19-15(2)24-20(22-19)17-6-4-3-5-7-17/h3-11,14H,12-13,21H2,1-2H3/t14-/m1/s1. The number of rotatable bonds is 6. The fraction of sp³-hybridized carbons (Fsp3) is 0.250. The second-order valence-electron chi connectivity index (χ2n) is 5.84. The van der Waals surface area contributed by atoms with Crippen LogP contribution in [0.15, 0.2) is 59.0 Å². The van der Waals surface area contributed by atoms with Crippen LogP contribution in [0.2, 0.25) is 0 Å². The molecule has 0 aliphatic heterocycles. The Morgan fingerprint density at radius 1 is 1.08 bits per heavy atom. The van der Waals surface area contributed by atoms with Gasteiger partial charge in [0.15, 0.2) is 0 Å². The van der Waals surface area contributed by atoms with Crippen LogP contribution in [0.5, 0.6) is 5.75 Å². The van der Waals surface area contributed by atoms with Gasteiger partial charge in [0.05, 0.1) is 12.3 Å². The monoisotopic (exact) mass is 322 g/mol. The topological polar surface area (TPSA) is 61.3 Å². The molecule has 2 aromatic carbocycles. The Kier molecular flexibility index (Phi) is 4.96. The Hall–Kier alpha value is -2.59. The average molecular weight is 322 g/mol. The first kappa shape index (κ1) is 16.3. The summed E-state index contributed by atoms with van der Waals surface area (Å²) in [7, 11) is 0. The van der Waals surface area contributed by atoms with E-state index in [1.54, 1.807) is 0 Å². The molecule has 124 valence electrons. The highest BCUT2D eigenvalue weighted by atomic mass is 16.5. The van der Waals surface area contributed by atoms with Crippen molar-refractivity contribution in [2.75, 3.05) is 6.61 Å². The van der Waals surface area contributed by atoms with E-state index >= 15 is 0 Å². The first-order valence-electron chi connectivity index (χ1n) is 8.13. The normalized spacial score (nSPS) is 12.1. The van der Waals surface area contributed by atoms with E-state index in [9.17, 15) is 0 Å². The molecular formula is C20H22N2O2. The van der Waals surface area contributed by atoms with Crippen molar-refractivity contribution in [3.05, 3.63) is 71.6 Å². The largest absolute Gasteiger partial charge is 0.493 e. The average Bonchev–Trinajstić information content (AvgIpc) is 2.97. The molecule has 0 spiro atoms. The van der Waals surface area contributed by atoms with Crippen LogP contribution < -0.4 is 10.5 Å². The van der Waals surface area contributed by atoms with Gasteiger partial charge in [0, 0.05) is 18.0 Å². The fourth-order valence-corrected chi connectivity index (χ4v) is 2.50. The lowest BCUT2D eigenvalue weighted by atomic mass is 10.1. The minimum atomic E-state index is 0.0354. The third kappa shape index (κ3) is 3.84. The number of ether oxygens (including phenoxy) is 1. The SMILES string of the molecule is Cc1oc(-c2ccccc2)nc1CCOc1ccc([C@@H](C)N)cc1. The molecule has 24 heavy (non-hydrogen) atoms. The molecule has 0 unspecified atom stereocenters. The zero-order chi connectivity index (χ0) is 16.9. The van der Waals surface area contributed by atoms with Gasteiger partial charge in [0.2, 0.25) is 5.89 Å². The van der Waals surface area contributed by atoms with Gasteiger partial charge in [-0.15, -0.1) is 0 Å². The molecule has 3 rings (SSSR count). The summed E-state index contributed by atoms with van der Waals surface area (Å²) in [5.74, 6) is 2.33. The van der Waals surface area contributed by atoms with Crippen molar-refractivity contribution in [2.24, 2.45) is 5.73 Å². The summed E-state index contributed by atoms with van der Waals surface area (Å²) in [6.07, 6.45) is 0.706. The number of hydrogen-bond acceptors (Lipinski definition) is 4. The van der Waals surface area contributed by atoms with E-state index in [1.165, 1.54) is 0 Å². The second kappa shape index (κ2) is 7.32. The minimum absolute atomic E-state index is 0.0354. The highest BCUT2D eigenvalue weighted by Gasteiger charge is 2.11. The molecule has 0 radical (unpaired) electrons. The van der Waals surface area contributed by atoms with Gasteiger partial charge in [-0.2, -0.15) is 0 Å². The highest BCUT2D eigenvalue weighted by molar-refractivity contribution is 5.53. The number of benzene rings is 2. The lowest BCUT2D eigenvalue weighted by Crippen LogP contribution is -2.05. The van der Waals surface area contributed by atoms with Gasteiger partial charge in [-0.3, -0.25) is 0 Å². The van der Waals surface area contributed by atoms with E-state index in [0.29, 0.717) is 18.9 Å². The van der Waals surface area contributed by atoms with E-state index in [0.717, 1.165) is 28.3 Å². The maximum absolute atomic E-state index is 5.85. The van der Waals surface area contributed by atoms with Crippen LogP contribution in [0.3, 0.4) is 0 Å². The van der Waals surface area contributed by atoms with Crippen LogP contribution in [0.25, 0.3) is 11.5 Å². The van der Waals surface area contributed by atoms with Gasteiger partial charge in [0.1, 0.15) is 11.5 Å². The number of nitrogens with two attached hydrogens (primary N) is 1. The van der Waals surface area contributed by atoms with E-state index in [-0.39, 0.29) is 6.04 Å². The molecule has 0 saturated carbocycles. The van der Waals surface area contributed by atoms with Crippen molar-refractivity contribution in [3.63, 3.8) is 0 Å². The summed E-state index contributed by atoms with van der Waals surface area (Å²) < 4.78 is 11.6. The first-order chi connectivity index (χ1) is 11.6. The van der Waals surface area contributed by atoms with Gasteiger partial charge in [-0.25, -0.2) is 4.98 Å². The molecule has 1 aromatic heterocycles. The van der Waals surface area contributed by atoms with Crippen LogP contribution in [-0.2, 0) is 6.42 Å². The van der Waals surface area contributed by atoms with E-state index in [2.05, 4.69) is 4.98 Å². The molecule has 1 heterocycles. The van der Waals surface area contributed by atoms with Crippen LogP contribution in [0, 0.1) is 6.92 Å². The number of aryl methyl sites for hydroxylation is 1. The molecule has 3 aromatic rings. The quantitative estimate of drug-likeness (QED) is 0.735. The van der Waals surface area contributed by atoms with Crippen LogP contribution >= 0.6 is 0 Å². The van der Waals surface area contributed by atoms with E-state index in [4.69, 9.17) is 14.9 Å². The van der Waals surface area contributed by atoms with Crippen LogP contribution in [-0.4, -0.2) is 11.6 Å². The number of oxazole rings is 1. The van der Waals surface area contributed by atoms with Crippen molar-refractivity contribution in [2.45, 2.75) is 26.3 Å². The second-order valence-corrected chi connectivity index (χ2v) is 5.84. The molecule has 1 atom stereocenters. The Balaban J connectivity index is 1.60. The fourth-order valence-electron chi connectivity index (χ4n) is 2.50. The smallest absolute Gasteiger partial charge is 0.226 e. The Morgan fingerprint density at radius 3 is 2.46 bits per heavy atom. The van der Waals surface area contributed by atoms with Crippen molar-refractivity contribution < 1.29 is 9.15 Å². The molecule has 0 fully saturated rings. The molecule has 0 aliphatic rings. The zero-order valence-corrected chi connectivity index (χ0v) is 14.0. The van der Waals surface area contributed by atoms with Crippen molar-refractivity contribution in [1.29, 1.82) is 0 Å². The Bertz CT molecular complexity index is 777. The Morgan fingerprint density at radius 2 is 1.79 bits per heavy atom. The van der Waals surface area contributed by atoms with Gasteiger partial charge in [0.25, 0.3) is 0 Å². The number of nitrogens with zero attached hydrogens (tertiary/aromatic N) is 1. The Labute approximate surface area is 142 Å². The predicted octanol–water partition coefficient (Wildman–Crippen LogP) is 4.29. The summed E-state index contributed by atoms with van der Waals surface area (Å²) in [5.41, 5.74) is 8.86. The molecule has 0 saturated heterocycles. The minimum Gasteiger partial charge on any atom is -0.493 e. The van der Waals surface area contributed by atoms with Gasteiger partial charge in [-0.1, -0.05) is 30.3 Å². The van der Waals surface area contributed by atoms with Gasteiger partial charge < -0.3 is 14.9 Å². The summed E-state index contributed by atoms with van der Waals surface area (Å²) in [6.45, 7) is 4.46. The summed E-state index contributed by atoms with van der Waals surface area (Å²) >= 11 is 0. The van der Waals surface area contributed by atoms with Crippen LogP contribution in [0.1, 0.15) is 30.0 Å². The molecule has 0 bridgehead atoms. The summed E-state index contributed by atoms with van der Waals surface area (Å²) in [4.78, 5) is 4.59. The third-order valence-electron chi connectivity index (χ3n) is 3.93. The van der Waals surface area contributed by atoms with Crippen molar-refractivity contribution in [3.8, 4) is 17.2 Å². The maximum atomic E-state index is 5.85. The molecule has 0 aliphatic carbocycles. The van der Waals surface area contributed by atoms with Crippen LogP contribution in [0.4, 0.5) is 0 Å². The van der Waals surface area contributed by atoms with Crippen molar-refractivity contribution >= 4 is 0 Å². The molecule has 4 heteroatoms. The first-order valence-corrected chi connectivity index (χ1v) is 8.13. The summed E-state index contributed by atoms with van der Waals surface area (Å²) in [6, 6.07) is 17.8. The predicted molar refractivity (Wildman–Crippen MR) is 94.9 cm³/mol. The van der Waals surface area contributed by atoms with Gasteiger partial charge >= 0.3 is 0 Å². The van der Waals surface area contributed by atoms with Crippen molar-refractivity contribution in [1.82, 2.24) is 4.98 Å². The summed E-state index contributed by atoms with van der Waals surface area (Å²) in [5, 5.41) is 0. The van der Waals surface area contributed by atoms with E-state index < -0.39 is 0 Å². The lowest BCUT2D eigenvalue weighted by Gasteiger charge is -2.08. The number of aromatic nitrogens is 1. The molecule has 4 nitrogen and oxygen atoms in total. The number of hydrogen-bond donors (Lipinski definition) is 1. The molecule has 2 N–H and O–H groups in total. The lowest BCUT2D eigenvalue weighted by molar-refractivity contribution is 0.320. The maximum Gasteiger partial charge on any atom is 0.226 e. The molecular weight excluding hydrogens is 300 g/mol. The molecule has 0 amide bonds.